The van der Waals surface area contributed by atoms with E-state index in [4.69, 9.17) is 15.2 Å². The first kappa shape index (κ1) is 24.1. The number of rotatable bonds is 2. The average molecular weight is 488 g/mol. The van der Waals surface area contributed by atoms with Gasteiger partial charge in [0.2, 0.25) is 5.95 Å². The SMILES string of the molecule is Nc1cc2ccc1-c1ccnc(n1)Nc1ccc(OC3CCCCC3)c(c1)COCCCCNC2=O. The largest absolute Gasteiger partial charge is 0.490 e. The van der Waals surface area contributed by atoms with E-state index in [2.05, 4.69) is 20.6 Å². The van der Waals surface area contributed by atoms with Crippen molar-refractivity contribution in [3.8, 4) is 17.0 Å². The maximum absolute atomic E-state index is 12.5. The van der Waals surface area contributed by atoms with Crippen LogP contribution >= 0.6 is 0 Å². The second-order valence-electron chi connectivity index (χ2n) is 9.41. The summed E-state index contributed by atoms with van der Waals surface area (Å²) in [5, 5.41) is 6.27. The van der Waals surface area contributed by atoms with Crippen LogP contribution in [-0.2, 0) is 11.3 Å². The van der Waals surface area contributed by atoms with Crippen LogP contribution < -0.4 is 21.1 Å². The molecular formula is C28H33N5O3. The number of hydrogen-bond donors (Lipinski definition) is 3. The number of hydrogen-bond acceptors (Lipinski definition) is 7. The molecule has 36 heavy (non-hydrogen) atoms. The molecule has 188 valence electrons. The molecule has 2 aliphatic heterocycles. The monoisotopic (exact) mass is 487 g/mol. The van der Waals surface area contributed by atoms with E-state index in [1.807, 2.05) is 24.3 Å². The fraction of sp³-hybridized carbons (Fsp3) is 0.393. The maximum Gasteiger partial charge on any atom is 0.251 e. The summed E-state index contributed by atoms with van der Waals surface area (Å²) in [5.41, 5.74) is 10.6. The van der Waals surface area contributed by atoms with E-state index < -0.39 is 0 Å². The summed E-state index contributed by atoms with van der Waals surface area (Å²) < 4.78 is 12.4. The van der Waals surface area contributed by atoms with Crippen molar-refractivity contribution >= 4 is 23.2 Å². The molecule has 0 saturated heterocycles. The molecule has 3 aromatic rings. The molecule has 3 heterocycles. The highest BCUT2D eigenvalue weighted by Crippen LogP contribution is 2.30. The topological polar surface area (TPSA) is 111 Å². The van der Waals surface area contributed by atoms with Gasteiger partial charge in [0.1, 0.15) is 5.75 Å². The van der Waals surface area contributed by atoms with Gasteiger partial charge in [-0.1, -0.05) is 6.42 Å². The van der Waals surface area contributed by atoms with E-state index >= 15 is 0 Å². The van der Waals surface area contributed by atoms with Crippen LogP contribution in [0.25, 0.3) is 11.3 Å². The Morgan fingerprint density at radius 3 is 2.75 bits per heavy atom. The number of nitrogens with two attached hydrogens (primary N) is 1. The number of nitrogen functional groups attached to an aromatic ring is 1. The van der Waals surface area contributed by atoms with Gasteiger partial charge in [-0.2, -0.15) is 0 Å². The van der Waals surface area contributed by atoms with E-state index in [0.717, 1.165) is 48.2 Å². The minimum atomic E-state index is -0.141. The van der Waals surface area contributed by atoms with Crippen molar-refractivity contribution < 1.29 is 14.3 Å². The first-order valence-electron chi connectivity index (χ1n) is 12.8. The standard InChI is InChI=1S/C28H33N5O3/c29-24-17-19-8-10-23(24)25-12-14-31-28(33-25)32-21-9-11-26(36-22-6-2-1-3-7-22)20(16-21)18-35-15-5-4-13-30-27(19)34/h8-12,14,16-17,22H,1-7,13,15,18,29H2,(H,30,34)(H,31,32,33). The lowest BCUT2D eigenvalue weighted by Crippen LogP contribution is -2.24. The van der Waals surface area contributed by atoms with Crippen LogP contribution in [0.15, 0.2) is 48.7 Å². The lowest BCUT2D eigenvalue weighted by Gasteiger charge is -2.24. The number of carbonyl (C=O) groups excluding carboxylic acids is 1. The highest BCUT2D eigenvalue weighted by atomic mass is 16.5. The Labute approximate surface area is 211 Å². The molecule has 8 nitrogen and oxygen atoms in total. The quantitative estimate of drug-likeness (QED) is 0.425. The van der Waals surface area contributed by atoms with Gasteiger partial charge in [0.15, 0.2) is 0 Å². The van der Waals surface area contributed by atoms with Gasteiger partial charge < -0.3 is 25.8 Å². The summed E-state index contributed by atoms with van der Waals surface area (Å²) in [6.07, 6.45) is 9.53. The Kier molecular flexibility index (Phi) is 7.61. The van der Waals surface area contributed by atoms with Gasteiger partial charge in [0.25, 0.3) is 5.91 Å². The molecule has 2 aromatic carbocycles. The van der Waals surface area contributed by atoms with E-state index in [9.17, 15) is 4.79 Å². The second kappa shape index (κ2) is 11.4. The van der Waals surface area contributed by atoms with Crippen molar-refractivity contribution in [2.24, 2.45) is 0 Å². The van der Waals surface area contributed by atoms with E-state index in [1.165, 1.54) is 19.3 Å². The number of carbonyl (C=O) groups is 1. The highest BCUT2D eigenvalue weighted by Gasteiger charge is 2.17. The van der Waals surface area contributed by atoms with E-state index in [1.54, 1.807) is 24.4 Å². The van der Waals surface area contributed by atoms with Crippen molar-refractivity contribution in [1.82, 2.24) is 15.3 Å². The van der Waals surface area contributed by atoms with Crippen molar-refractivity contribution in [2.45, 2.75) is 57.7 Å². The normalized spacial score (nSPS) is 17.3. The summed E-state index contributed by atoms with van der Waals surface area (Å²) in [6.45, 7) is 1.63. The van der Waals surface area contributed by atoms with Crippen molar-refractivity contribution in [1.29, 1.82) is 0 Å². The van der Waals surface area contributed by atoms with Crippen molar-refractivity contribution in [2.75, 3.05) is 24.2 Å². The molecule has 1 amide bonds. The van der Waals surface area contributed by atoms with Gasteiger partial charge in [-0.05, 0) is 81.0 Å². The zero-order valence-electron chi connectivity index (χ0n) is 20.5. The molecule has 3 aliphatic rings. The first-order chi connectivity index (χ1) is 17.7. The number of ether oxygens (including phenoxy) is 2. The molecule has 1 aromatic heterocycles. The van der Waals surface area contributed by atoms with Crippen LogP contribution in [0.3, 0.4) is 0 Å². The number of amides is 1. The molecule has 6 bridgehead atoms. The lowest BCUT2D eigenvalue weighted by molar-refractivity contribution is 0.0942. The summed E-state index contributed by atoms with van der Waals surface area (Å²) in [5.74, 6) is 1.19. The smallest absolute Gasteiger partial charge is 0.251 e. The van der Waals surface area contributed by atoms with Gasteiger partial charge in [-0.25, -0.2) is 9.97 Å². The first-order valence-corrected chi connectivity index (χ1v) is 12.8. The predicted molar refractivity (Wildman–Crippen MR) is 140 cm³/mol. The molecule has 6 rings (SSSR count). The number of aromatic nitrogens is 2. The van der Waals surface area contributed by atoms with Crippen LogP contribution in [-0.4, -0.2) is 35.1 Å². The minimum Gasteiger partial charge on any atom is -0.490 e. The average Bonchev–Trinajstić information content (AvgIpc) is 2.89. The molecule has 1 aliphatic carbocycles. The fourth-order valence-corrected chi connectivity index (χ4v) is 4.70. The zero-order chi connectivity index (χ0) is 24.7. The zero-order valence-corrected chi connectivity index (χ0v) is 20.5. The number of nitrogens with zero attached hydrogens (tertiary/aromatic N) is 2. The minimum absolute atomic E-state index is 0.141. The number of anilines is 3. The van der Waals surface area contributed by atoms with E-state index in [-0.39, 0.29) is 12.0 Å². The number of fused-ring (bicyclic) bond motifs is 9. The van der Waals surface area contributed by atoms with E-state index in [0.29, 0.717) is 42.7 Å². The summed E-state index contributed by atoms with van der Waals surface area (Å²) >= 11 is 0. The number of benzene rings is 2. The van der Waals surface area contributed by atoms with Crippen molar-refractivity contribution in [3.05, 3.63) is 59.8 Å². The summed E-state index contributed by atoms with van der Waals surface area (Å²) in [4.78, 5) is 21.6. The molecular weight excluding hydrogens is 454 g/mol. The Morgan fingerprint density at radius 2 is 1.89 bits per heavy atom. The van der Waals surface area contributed by atoms with Crippen LogP contribution in [0.1, 0.15) is 60.9 Å². The van der Waals surface area contributed by atoms with Crippen LogP contribution in [0.5, 0.6) is 5.75 Å². The van der Waals surface area contributed by atoms with Crippen LogP contribution in [0.4, 0.5) is 17.3 Å². The predicted octanol–water partition coefficient (Wildman–Crippen LogP) is 5.22. The Hall–Kier alpha value is -3.65. The highest BCUT2D eigenvalue weighted by molar-refractivity contribution is 5.96. The summed E-state index contributed by atoms with van der Waals surface area (Å²) in [7, 11) is 0. The third kappa shape index (κ3) is 5.94. The molecule has 0 spiro atoms. The Balaban J connectivity index is 1.43. The van der Waals surface area contributed by atoms with Gasteiger partial charge in [-0.15, -0.1) is 0 Å². The molecule has 0 unspecified atom stereocenters. The van der Waals surface area contributed by atoms with Crippen LogP contribution in [0, 0.1) is 0 Å². The molecule has 8 heteroatoms. The molecule has 0 radical (unpaired) electrons. The van der Waals surface area contributed by atoms with Crippen molar-refractivity contribution in [3.63, 3.8) is 0 Å². The summed E-state index contributed by atoms with van der Waals surface area (Å²) in [6, 6.07) is 13.1. The molecule has 4 N–H and O–H groups in total. The third-order valence-electron chi connectivity index (χ3n) is 6.67. The third-order valence-corrected chi connectivity index (χ3v) is 6.67. The van der Waals surface area contributed by atoms with Gasteiger partial charge in [-0.3, -0.25) is 4.79 Å². The number of nitrogens with one attached hydrogen (secondary N) is 2. The Morgan fingerprint density at radius 1 is 1.00 bits per heavy atom. The maximum atomic E-state index is 12.5. The lowest BCUT2D eigenvalue weighted by atomic mass is 9.97. The molecule has 0 atom stereocenters. The van der Waals surface area contributed by atoms with Crippen LogP contribution in [0.2, 0.25) is 0 Å². The fourth-order valence-electron chi connectivity index (χ4n) is 4.70. The van der Waals surface area contributed by atoms with Gasteiger partial charge in [0, 0.05) is 47.4 Å². The Bertz CT molecular complexity index is 1210. The second-order valence-corrected chi connectivity index (χ2v) is 9.41. The molecule has 1 saturated carbocycles. The molecule has 1 fully saturated rings. The van der Waals surface area contributed by atoms with Gasteiger partial charge in [0.05, 0.1) is 18.4 Å². The van der Waals surface area contributed by atoms with Gasteiger partial charge >= 0.3 is 0 Å².